The van der Waals surface area contributed by atoms with Crippen LogP contribution < -0.4 is 4.74 Å². The molecule has 0 amide bonds. The highest BCUT2D eigenvalue weighted by atomic mass is 32.2. The van der Waals surface area contributed by atoms with Crippen LogP contribution in [0.3, 0.4) is 0 Å². The van der Waals surface area contributed by atoms with E-state index < -0.39 is 14.1 Å². The Bertz CT molecular complexity index is 1560. The molecule has 398 valence electrons. The van der Waals surface area contributed by atoms with Crippen molar-refractivity contribution >= 4 is 37.8 Å². The molecule has 0 bridgehead atoms. The van der Waals surface area contributed by atoms with Crippen LogP contribution in [0, 0.1) is 5.92 Å². The van der Waals surface area contributed by atoms with Crippen LogP contribution in [0.4, 0.5) is 0 Å². The lowest BCUT2D eigenvalue weighted by molar-refractivity contribution is -0.157. The lowest BCUT2D eigenvalue weighted by Gasteiger charge is -2.39. The fourth-order valence-corrected chi connectivity index (χ4v) is 14.0. The molecule has 1 aromatic carbocycles. The van der Waals surface area contributed by atoms with Gasteiger partial charge in [0.15, 0.2) is 20.4 Å². The molecule has 4 rings (SSSR count). The highest BCUT2D eigenvalue weighted by molar-refractivity contribution is 8.18. The van der Waals surface area contributed by atoms with Gasteiger partial charge in [-0.1, -0.05) is 104 Å². The number of ether oxygens (including phenoxy) is 8. The van der Waals surface area contributed by atoms with Gasteiger partial charge in [-0.3, -0.25) is 4.79 Å². The standard InChI is InChI=1S/C56H98O10S2Si/c1-12-34-59-48(25-19-14-16-23-35-63-69(10,11)54(4,5)6)49(62-43-45-29-31-46(58-9)32-30-45)26-18-13-15-22-33-56(67-38-24-39-68-56)42-47(64-52(57)40-44(2)3)41-51-50(65-55(7,8)66-51)27-20-17-21-28-53-60-36-37-61-53/h12,29-32,34,44,47-51,53H,13-28,33,35-43H2,1-11H3/b34-12+/t47?,48?,49-,50+,51+/m0/s1. The highest BCUT2D eigenvalue weighted by Crippen LogP contribution is 2.50. The third-order valence-corrected chi connectivity index (χ3v) is 22.2. The number of rotatable bonds is 35. The first-order chi connectivity index (χ1) is 32.9. The minimum atomic E-state index is -1.72. The summed E-state index contributed by atoms with van der Waals surface area (Å²) in [5, 5.41) is 0.237. The molecule has 3 saturated heterocycles. The number of thioether (sulfide) groups is 2. The number of methoxy groups -OCH3 is 1. The van der Waals surface area contributed by atoms with Gasteiger partial charge in [-0.25, -0.2) is 0 Å². The summed E-state index contributed by atoms with van der Waals surface area (Å²) in [4.78, 5) is 13.4. The molecule has 69 heavy (non-hydrogen) atoms. The first-order valence-corrected chi connectivity index (χ1v) is 32.0. The van der Waals surface area contributed by atoms with Crippen LogP contribution in [0.25, 0.3) is 0 Å². The molecule has 1 aromatic rings. The van der Waals surface area contributed by atoms with Gasteiger partial charge in [0.05, 0.1) is 55.6 Å². The van der Waals surface area contributed by atoms with Crippen molar-refractivity contribution in [2.75, 3.05) is 38.4 Å². The zero-order valence-corrected chi connectivity index (χ0v) is 47.9. The van der Waals surface area contributed by atoms with E-state index in [-0.39, 0.29) is 57.8 Å². The maximum absolute atomic E-state index is 13.4. The maximum Gasteiger partial charge on any atom is 0.306 e. The minimum absolute atomic E-state index is 0.00216. The first kappa shape index (κ1) is 60.3. The summed E-state index contributed by atoms with van der Waals surface area (Å²) in [7, 11) is -0.0171. The van der Waals surface area contributed by atoms with Gasteiger partial charge >= 0.3 is 5.97 Å². The molecular weight excluding hydrogens is 925 g/mol. The molecule has 0 aromatic heterocycles. The van der Waals surface area contributed by atoms with E-state index in [1.807, 2.05) is 45.2 Å². The van der Waals surface area contributed by atoms with Gasteiger partial charge < -0.3 is 42.3 Å². The molecule has 0 N–H and O–H groups in total. The van der Waals surface area contributed by atoms with E-state index in [2.05, 4.69) is 83.4 Å². The van der Waals surface area contributed by atoms with E-state index in [9.17, 15) is 4.79 Å². The van der Waals surface area contributed by atoms with Crippen LogP contribution in [0.5, 0.6) is 5.75 Å². The Morgan fingerprint density at radius 3 is 2.12 bits per heavy atom. The Morgan fingerprint density at radius 1 is 0.841 bits per heavy atom. The molecule has 3 aliphatic rings. The van der Waals surface area contributed by atoms with E-state index in [0.717, 1.165) is 139 Å². The second-order valence-electron chi connectivity index (χ2n) is 22.2. The van der Waals surface area contributed by atoms with Crippen LogP contribution in [-0.4, -0.2) is 99.4 Å². The van der Waals surface area contributed by atoms with E-state index in [0.29, 0.717) is 32.7 Å². The number of esters is 1. The van der Waals surface area contributed by atoms with Crippen LogP contribution in [-0.2, 0) is 49.0 Å². The Balaban J connectivity index is 1.34. The molecule has 3 fully saturated rings. The summed E-state index contributed by atoms with van der Waals surface area (Å²) in [6.45, 7) is 24.6. The molecule has 0 saturated carbocycles. The van der Waals surface area contributed by atoms with Crippen molar-refractivity contribution in [2.45, 2.75) is 255 Å². The van der Waals surface area contributed by atoms with Crippen molar-refractivity contribution in [1.29, 1.82) is 0 Å². The molecule has 2 unspecified atom stereocenters. The zero-order valence-electron chi connectivity index (χ0n) is 45.3. The van der Waals surface area contributed by atoms with Gasteiger partial charge in [0.1, 0.15) is 18.0 Å². The summed E-state index contributed by atoms with van der Waals surface area (Å²) in [5.41, 5.74) is 1.14. The summed E-state index contributed by atoms with van der Waals surface area (Å²) in [6.07, 6.45) is 23.6. The van der Waals surface area contributed by atoms with Gasteiger partial charge in [-0.15, -0.1) is 23.5 Å². The Morgan fingerprint density at radius 2 is 1.46 bits per heavy atom. The summed E-state index contributed by atoms with van der Waals surface area (Å²) >= 11 is 4.19. The predicted octanol–water partition coefficient (Wildman–Crippen LogP) is 15.0. The van der Waals surface area contributed by atoms with Gasteiger partial charge in [-0.05, 0) is 132 Å². The first-order valence-electron chi connectivity index (χ1n) is 27.1. The molecule has 0 radical (unpaired) electrons. The van der Waals surface area contributed by atoms with Crippen LogP contribution in [0.15, 0.2) is 36.6 Å². The molecule has 13 heteroatoms. The average molecular weight is 1020 g/mol. The van der Waals surface area contributed by atoms with Crippen LogP contribution in [0.1, 0.15) is 189 Å². The number of carbonyl (C=O) groups excluding carboxylic acids is 1. The van der Waals surface area contributed by atoms with E-state index in [1.165, 1.54) is 6.42 Å². The van der Waals surface area contributed by atoms with Gasteiger partial charge in [-0.2, -0.15) is 0 Å². The van der Waals surface area contributed by atoms with Crippen molar-refractivity contribution in [3.05, 3.63) is 42.2 Å². The Hall–Kier alpha value is -1.29. The molecule has 10 nitrogen and oxygen atoms in total. The SMILES string of the molecule is C/C=C/OC(CCCCCCO[Si](C)(C)C(C)(C)C)[C@H](CCCCCCC1(CC(C[C@H]2OC(C)(C)O[C@@H]2CCCCCC2OCCO2)OC(=O)CC(C)C)SCCCS1)OCc1ccc(OC)cc1. The highest BCUT2D eigenvalue weighted by Gasteiger charge is 2.45. The average Bonchev–Trinajstić information content (AvgIpc) is 3.92. The summed E-state index contributed by atoms with van der Waals surface area (Å²) in [5.74, 6) is 2.60. The minimum Gasteiger partial charge on any atom is -0.497 e. The fourth-order valence-electron chi connectivity index (χ4n) is 9.35. The van der Waals surface area contributed by atoms with Crippen molar-refractivity contribution in [3.63, 3.8) is 0 Å². The van der Waals surface area contributed by atoms with Crippen LogP contribution in [0.2, 0.25) is 18.1 Å². The maximum atomic E-state index is 13.4. The monoisotopic (exact) mass is 1020 g/mol. The number of allylic oxidation sites excluding steroid dienone is 1. The third kappa shape index (κ3) is 23.2. The van der Waals surface area contributed by atoms with Crippen molar-refractivity contribution < 1.29 is 47.1 Å². The largest absolute Gasteiger partial charge is 0.497 e. The van der Waals surface area contributed by atoms with Crippen molar-refractivity contribution in [1.82, 2.24) is 0 Å². The molecule has 3 aliphatic heterocycles. The van der Waals surface area contributed by atoms with Crippen LogP contribution >= 0.6 is 23.5 Å². The smallest absolute Gasteiger partial charge is 0.306 e. The van der Waals surface area contributed by atoms with Crippen molar-refractivity contribution in [3.8, 4) is 5.75 Å². The van der Waals surface area contributed by atoms with E-state index in [4.69, 9.17) is 42.3 Å². The third-order valence-electron chi connectivity index (χ3n) is 14.2. The predicted molar refractivity (Wildman–Crippen MR) is 289 cm³/mol. The number of hydrogen-bond donors (Lipinski definition) is 0. The van der Waals surface area contributed by atoms with Gasteiger partial charge in [0, 0.05) is 25.9 Å². The second-order valence-corrected chi connectivity index (χ2v) is 30.3. The van der Waals surface area contributed by atoms with E-state index >= 15 is 0 Å². The molecule has 0 aliphatic carbocycles. The number of unbranched alkanes of at least 4 members (excludes halogenated alkanes) is 8. The fraction of sp³-hybridized carbons (Fsp3) is 0.839. The second kappa shape index (κ2) is 31.4. The van der Waals surface area contributed by atoms with Crippen molar-refractivity contribution in [2.24, 2.45) is 5.92 Å². The van der Waals surface area contributed by atoms with E-state index in [1.54, 1.807) is 7.11 Å². The molecule has 5 atom stereocenters. The lowest BCUT2D eigenvalue weighted by Crippen LogP contribution is -2.40. The van der Waals surface area contributed by atoms with Gasteiger partial charge in [0.2, 0.25) is 0 Å². The summed E-state index contributed by atoms with van der Waals surface area (Å²) < 4.78 is 56.0. The zero-order chi connectivity index (χ0) is 50.2. The molecule has 3 heterocycles. The lowest BCUT2D eigenvalue weighted by atomic mass is 9.96. The number of carbonyl (C=O) groups is 1. The number of benzene rings is 1. The summed E-state index contributed by atoms with van der Waals surface area (Å²) in [6, 6.07) is 8.20. The topological polar surface area (TPSA) is 100 Å². The Labute approximate surface area is 430 Å². The molecular formula is C56H98O10S2Si. The quantitative estimate of drug-likeness (QED) is 0.0280. The normalized spacial score (nSPS) is 21.2. The Kier molecular flexibility index (Phi) is 27.5. The van der Waals surface area contributed by atoms with Gasteiger partial charge in [0.25, 0.3) is 0 Å². The molecule has 0 spiro atoms. The number of hydrogen-bond acceptors (Lipinski definition) is 12.